The van der Waals surface area contributed by atoms with Gasteiger partial charge in [0.25, 0.3) is 0 Å². The smallest absolute Gasteiger partial charge is 0.123 e. The van der Waals surface area contributed by atoms with Gasteiger partial charge in [-0.15, -0.1) is 0 Å². The molecule has 0 aliphatic carbocycles. The molecule has 0 saturated carbocycles. The zero-order chi connectivity index (χ0) is 9.26. The third-order valence-electron chi connectivity index (χ3n) is 2.02. The monoisotopic (exact) mass is 191 g/mol. The molecule has 2 rings (SSSR count). The summed E-state index contributed by atoms with van der Waals surface area (Å²) in [5.41, 5.74) is 6.60. The Morgan fingerprint density at radius 2 is 2.00 bits per heavy atom. The Balaban J connectivity index is 2.74. The average molecular weight is 191 g/mol. The van der Waals surface area contributed by atoms with Crippen LogP contribution in [-0.4, -0.2) is 0 Å². The zero-order valence-electron chi connectivity index (χ0n) is 7.03. The minimum absolute atomic E-state index is 0.779. The second-order valence-electron chi connectivity index (χ2n) is 2.85. The summed E-state index contributed by atoms with van der Waals surface area (Å²) in [5, 5.41) is 2.16. The first kappa shape index (κ1) is 8.33. The molecule has 1 unspecified atom stereocenters. The lowest BCUT2D eigenvalue weighted by atomic mass is 10.1. The molecule has 0 fully saturated rings. The van der Waals surface area contributed by atoms with Crippen molar-refractivity contribution in [2.45, 2.75) is 0 Å². The Kier molecular flexibility index (Phi) is 2.07. The first-order valence-electron chi connectivity index (χ1n) is 3.96. The first-order chi connectivity index (χ1) is 6.31. The van der Waals surface area contributed by atoms with Crippen molar-refractivity contribution in [2.75, 3.05) is 5.73 Å². The molecular weight excluding hydrogens is 181 g/mol. The van der Waals surface area contributed by atoms with Crippen molar-refractivity contribution < 1.29 is 4.52 Å². The lowest BCUT2D eigenvalue weighted by molar-refractivity contribution is 0.647. The molecule has 0 bridgehead atoms. The number of benzene rings is 2. The van der Waals surface area contributed by atoms with Crippen molar-refractivity contribution in [3.63, 3.8) is 0 Å². The van der Waals surface area contributed by atoms with Crippen LogP contribution >= 0.6 is 9.47 Å². The number of nitrogens with two attached hydrogens (primary N) is 1. The van der Waals surface area contributed by atoms with Gasteiger partial charge >= 0.3 is 0 Å². The molecule has 2 aromatic carbocycles. The zero-order valence-corrected chi connectivity index (χ0v) is 8.18. The van der Waals surface area contributed by atoms with Crippen LogP contribution < -0.4 is 10.3 Å². The van der Waals surface area contributed by atoms with E-state index in [4.69, 9.17) is 10.3 Å². The fourth-order valence-corrected chi connectivity index (χ4v) is 1.50. The lowest BCUT2D eigenvalue weighted by Crippen LogP contribution is -1.86. The SMILES string of the molecule is Nc1cccc2ccc(OP)cc12. The standard InChI is InChI=1S/C10H10NOP/c11-10-3-1-2-7-4-5-8(12-13)6-9(7)10/h1-6H,11,13H2. The summed E-state index contributed by atoms with van der Waals surface area (Å²) in [6, 6.07) is 11.7. The van der Waals surface area contributed by atoms with Gasteiger partial charge in [-0.3, -0.25) is 0 Å². The molecule has 0 radical (unpaired) electrons. The van der Waals surface area contributed by atoms with Crippen molar-refractivity contribution in [3.05, 3.63) is 36.4 Å². The van der Waals surface area contributed by atoms with E-state index in [1.165, 1.54) is 0 Å². The van der Waals surface area contributed by atoms with E-state index in [2.05, 4.69) is 9.47 Å². The maximum atomic E-state index is 5.82. The van der Waals surface area contributed by atoms with Crippen LogP contribution in [0.1, 0.15) is 0 Å². The van der Waals surface area contributed by atoms with Crippen LogP contribution in [0.2, 0.25) is 0 Å². The fraction of sp³-hybridized carbons (Fsp3) is 0. The number of hydrogen-bond donors (Lipinski definition) is 1. The minimum atomic E-state index is 0.779. The van der Waals surface area contributed by atoms with Crippen molar-refractivity contribution in [1.82, 2.24) is 0 Å². The molecule has 0 aliphatic rings. The first-order valence-corrected chi connectivity index (χ1v) is 4.43. The van der Waals surface area contributed by atoms with Gasteiger partial charge < -0.3 is 10.3 Å². The molecule has 66 valence electrons. The molecule has 1 atom stereocenters. The summed E-state index contributed by atoms with van der Waals surface area (Å²) in [6.45, 7) is 0. The van der Waals surface area contributed by atoms with E-state index >= 15 is 0 Å². The summed E-state index contributed by atoms with van der Waals surface area (Å²) < 4.78 is 5.04. The van der Waals surface area contributed by atoms with Gasteiger partial charge in [-0.25, -0.2) is 0 Å². The predicted octanol–water partition coefficient (Wildman–Crippen LogP) is 2.59. The van der Waals surface area contributed by atoms with E-state index < -0.39 is 0 Å². The number of rotatable bonds is 1. The Bertz CT molecular complexity index is 442. The van der Waals surface area contributed by atoms with E-state index in [1.807, 2.05) is 36.4 Å². The Hall–Kier alpha value is -1.27. The van der Waals surface area contributed by atoms with Crippen molar-refractivity contribution in [1.29, 1.82) is 0 Å². The number of anilines is 1. The molecule has 3 heteroatoms. The molecule has 0 amide bonds. The van der Waals surface area contributed by atoms with E-state index in [-0.39, 0.29) is 0 Å². The van der Waals surface area contributed by atoms with E-state index in [0.717, 1.165) is 22.2 Å². The molecule has 2 nitrogen and oxygen atoms in total. The van der Waals surface area contributed by atoms with Gasteiger partial charge in [-0.2, -0.15) is 0 Å². The quantitative estimate of drug-likeness (QED) is 0.555. The maximum Gasteiger partial charge on any atom is 0.123 e. The average Bonchev–Trinajstić information content (AvgIpc) is 2.18. The molecule has 0 aromatic heterocycles. The summed E-state index contributed by atoms with van der Waals surface area (Å²) in [6.07, 6.45) is 0. The predicted molar refractivity (Wildman–Crippen MR) is 58.7 cm³/mol. The van der Waals surface area contributed by atoms with E-state index in [9.17, 15) is 0 Å². The van der Waals surface area contributed by atoms with Crippen LogP contribution in [-0.2, 0) is 0 Å². The third kappa shape index (κ3) is 1.45. The summed E-state index contributed by atoms with van der Waals surface area (Å²) in [5.74, 6) is 0.801. The minimum Gasteiger partial charge on any atom is -0.480 e. The Morgan fingerprint density at radius 1 is 1.15 bits per heavy atom. The van der Waals surface area contributed by atoms with Crippen LogP contribution in [0.25, 0.3) is 10.8 Å². The largest absolute Gasteiger partial charge is 0.480 e. The molecular formula is C10H10NOP. The van der Waals surface area contributed by atoms with Gasteiger partial charge in [0, 0.05) is 11.1 Å². The third-order valence-corrected chi connectivity index (χ3v) is 2.30. The highest BCUT2D eigenvalue weighted by atomic mass is 31.0. The van der Waals surface area contributed by atoms with Gasteiger partial charge in [-0.05, 0) is 23.6 Å². The van der Waals surface area contributed by atoms with Gasteiger partial charge in [0.2, 0.25) is 0 Å². The molecule has 0 aliphatic heterocycles. The van der Waals surface area contributed by atoms with Crippen molar-refractivity contribution in [3.8, 4) is 5.75 Å². The van der Waals surface area contributed by atoms with E-state index in [1.54, 1.807) is 0 Å². The van der Waals surface area contributed by atoms with Crippen LogP contribution in [0.15, 0.2) is 36.4 Å². The van der Waals surface area contributed by atoms with Crippen molar-refractivity contribution >= 4 is 25.9 Å². The highest BCUT2D eigenvalue weighted by Crippen LogP contribution is 2.26. The number of nitrogen functional groups attached to an aromatic ring is 1. The summed E-state index contributed by atoms with van der Waals surface area (Å²) in [4.78, 5) is 0. The van der Waals surface area contributed by atoms with Gasteiger partial charge in [0.1, 0.15) is 5.75 Å². The van der Waals surface area contributed by atoms with Crippen LogP contribution in [0.3, 0.4) is 0 Å². The highest BCUT2D eigenvalue weighted by molar-refractivity contribution is 7.10. The Morgan fingerprint density at radius 3 is 2.77 bits per heavy atom. The summed E-state index contributed by atoms with van der Waals surface area (Å²) in [7, 11) is 2.22. The Labute approximate surface area is 79.0 Å². The summed E-state index contributed by atoms with van der Waals surface area (Å²) >= 11 is 0. The second-order valence-corrected chi connectivity index (χ2v) is 3.08. The van der Waals surface area contributed by atoms with Crippen molar-refractivity contribution in [2.24, 2.45) is 0 Å². The van der Waals surface area contributed by atoms with Gasteiger partial charge in [0.05, 0.1) is 9.47 Å². The topological polar surface area (TPSA) is 35.2 Å². The molecule has 0 saturated heterocycles. The van der Waals surface area contributed by atoms with Gasteiger partial charge in [-0.1, -0.05) is 18.2 Å². The second kappa shape index (κ2) is 3.23. The van der Waals surface area contributed by atoms with Crippen LogP contribution in [0.5, 0.6) is 5.75 Å². The molecule has 13 heavy (non-hydrogen) atoms. The highest BCUT2D eigenvalue weighted by Gasteiger charge is 1.98. The molecule has 0 heterocycles. The number of hydrogen-bond acceptors (Lipinski definition) is 2. The van der Waals surface area contributed by atoms with Crippen LogP contribution in [0, 0.1) is 0 Å². The lowest BCUT2D eigenvalue weighted by Gasteiger charge is -2.03. The van der Waals surface area contributed by atoms with Gasteiger partial charge in [0.15, 0.2) is 0 Å². The van der Waals surface area contributed by atoms with Crippen LogP contribution in [0.4, 0.5) is 5.69 Å². The number of fused-ring (bicyclic) bond motifs is 1. The molecule has 2 aromatic rings. The normalized spacial score (nSPS) is 10.2. The molecule has 0 spiro atoms. The van der Waals surface area contributed by atoms with E-state index in [0.29, 0.717) is 0 Å². The fourth-order valence-electron chi connectivity index (χ4n) is 1.35. The molecule has 2 N–H and O–H groups in total. The maximum absolute atomic E-state index is 5.82.